The van der Waals surface area contributed by atoms with Crippen molar-refractivity contribution >= 4 is 11.4 Å². The van der Waals surface area contributed by atoms with Crippen LogP contribution in [0.25, 0.3) is 0 Å². The zero-order chi connectivity index (χ0) is 10.3. The number of benzene rings is 1. The molecule has 2 fully saturated rings. The number of nitrogens with zero attached hydrogens (tertiary/aromatic N) is 1. The third kappa shape index (κ3) is 1.62. The largest absolute Gasteiger partial charge is 0.371 e. The van der Waals surface area contributed by atoms with Crippen molar-refractivity contribution in [1.29, 1.82) is 0 Å². The van der Waals surface area contributed by atoms with E-state index in [1.54, 1.807) is 0 Å². The van der Waals surface area contributed by atoms with E-state index in [2.05, 4.69) is 40.2 Å². The first-order valence-electron chi connectivity index (χ1n) is 5.70. The summed E-state index contributed by atoms with van der Waals surface area (Å²) in [5, 5.41) is 3.47. The fourth-order valence-electron chi connectivity index (χ4n) is 2.77. The van der Waals surface area contributed by atoms with Crippen molar-refractivity contribution in [3.63, 3.8) is 0 Å². The van der Waals surface area contributed by atoms with Gasteiger partial charge in [-0.2, -0.15) is 0 Å². The second kappa shape index (κ2) is 3.51. The number of rotatable bonds is 1. The van der Waals surface area contributed by atoms with Crippen molar-refractivity contribution in [2.45, 2.75) is 0 Å². The zero-order valence-electron chi connectivity index (χ0n) is 8.95. The van der Waals surface area contributed by atoms with Crippen LogP contribution in [-0.2, 0) is 0 Å². The highest BCUT2D eigenvalue weighted by molar-refractivity contribution is 5.51. The van der Waals surface area contributed by atoms with Crippen LogP contribution < -0.4 is 16.0 Å². The van der Waals surface area contributed by atoms with Gasteiger partial charge in [-0.1, -0.05) is 0 Å². The standard InChI is InChI=1S/C12H17N3/c13-11-1-3-12(4-2-11)15-7-9-5-14-6-10(9)8-15/h1-4,9-10,14H,5-8,13H2/p+1/t9-,10-/m0/s1. The molecule has 80 valence electrons. The van der Waals surface area contributed by atoms with Gasteiger partial charge in [0.05, 0.1) is 0 Å². The van der Waals surface area contributed by atoms with Crippen LogP contribution in [0.5, 0.6) is 0 Å². The van der Waals surface area contributed by atoms with Gasteiger partial charge in [0.2, 0.25) is 0 Å². The molecular formula is C12H18N3+. The number of anilines is 1. The molecule has 1 aromatic carbocycles. The van der Waals surface area contributed by atoms with Crippen molar-refractivity contribution in [2.24, 2.45) is 11.8 Å². The van der Waals surface area contributed by atoms with Crippen LogP contribution >= 0.6 is 0 Å². The molecule has 3 rings (SSSR count). The van der Waals surface area contributed by atoms with Gasteiger partial charge in [-0.05, 0) is 24.0 Å². The van der Waals surface area contributed by atoms with E-state index in [9.17, 15) is 0 Å². The lowest BCUT2D eigenvalue weighted by Gasteiger charge is -2.19. The Morgan fingerprint density at radius 1 is 1.07 bits per heavy atom. The average Bonchev–Trinajstić information content (AvgIpc) is 2.78. The molecular weight excluding hydrogens is 186 g/mol. The van der Waals surface area contributed by atoms with E-state index in [0.29, 0.717) is 0 Å². The van der Waals surface area contributed by atoms with Gasteiger partial charge in [0, 0.05) is 44.0 Å². The van der Waals surface area contributed by atoms with Gasteiger partial charge in [-0.3, -0.25) is 0 Å². The van der Waals surface area contributed by atoms with E-state index in [1.165, 1.54) is 31.9 Å². The summed E-state index contributed by atoms with van der Waals surface area (Å²) >= 11 is 0. The Hall–Kier alpha value is -1.06. The van der Waals surface area contributed by atoms with Gasteiger partial charge in [0.25, 0.3) is 0 Å². The average molecular weight is 204 g/mol. The van der Waals surface area contributed by atoms with Crippen molar-refractivity contribution in [2.75, 3.05) is 31.1 Å². The number of hydrogen-bond donors (Lipinski definition) is 2. The lowest BCUT2D eigenvalue weighted by molar-refractivity contribution is -0.254. The first-order chi connectivity index (χ1) is 7.33. The van der Waals surface area contributed by atoms with Crippen LogP contribution in [0.2, 0.25) is 0 Å². The molecule has 0 spiro atoms. The van der Waals surface area contributed by atoms with E-state index in [-0.39, 0.29) is 0 Å². The van der Waals surface area contributed by atoms with Crippen molar-refractivity contribution < 1.29 is 5.73 Å². The Kier molecular flexibility index (Phi) is 2.15. The van der Waals surface area contributed by atoms with E-state index in [1.807, 2.05) is 0 Å². The Labute approximate surface area is 90.3 Å². The van der Waals surface area contributed by atoms with Crippen molar-refractivity contribution in [3.8, 4) is 0 Å². The maximum absolute atomic E-state index is 3.92. The van der Waals surface area contributed by atoms with Crippen LogP contribution in [0, 0.1) is 11.8 Å². The van der Waals surface area contributed by atoms with Gasteiger partial charge in [-0.25, -0.2) is 0 Å². The highest BCUT2D eigenvalue weighted by Gasteiger charge is 2.35. The third-order valence-corrected chi connectivity index (χ3v) is 3.69. The number of nitrogens with one attached hydrogen (secondary N) is 1. The highest BCUT2D eigenvalue weighted by Crippen LogP contribution is 2.30. The topological polar surface area (TPSA) is 42.9 Å². The van der Waals surface area contributed by atoms with Crippen molar-refractivity contribution in [3.05, 3.63) is 24.3 Å². The SMILES string of the molecule is [NH3+]c1ccc(N2C[C@@H]3CNC[C@H]3C2)cc1. The Bertz CT molecular complexity index is 334. The Morgan fingerprint density at radius 3 is 2.27 bits per heavy atom. The molecule has 2 atom stereocenters. The molecule has 0 bridgehead atoms. The molecule has 2 heterocycles. The first-order valence-corrected chi connectivity index (χ1v) is 5.70. The molecule has 0 amide bonds. The summed E-state index contributed by atoms with van der Waals surface area (Å²) in [6.07, 6.45) is 0. The minimum Gasteiger partial charge on any atom is -0.371 e. The summed E-state index contributed by atoms with van der Waals surface area (Å²) in [6, 6.07) is 8.58. The Balaban J connectivity index is 1.76. The fraction of sp³-hybridized carbons (Fsp3) is 0.500. The van der Waals surface area contributed by atoms with E-state index in [4.69, 9.17) is 0 Å². The van der Waals surface area contributed by atoms with Gasteiger partial charge in [-0.15, -0.1) is 0 Å². The maximum atomic E-state index is 3.92. The van der Waals surface area contributed by atoms with Gasteiger partial charge in [0.15, 0.2) is 0 Å². The molecule has 15 heavy (non-hydrogen) atoms. The van der Waals surface area contributed by atoms with Crippen LogP contribution in [0.15, 0.2) is 24.3 Å². The highest BCUT2D eigenvalue weighted by atomic mass is 15.2. The van der Waals surface area contributed by atoms with Gasteiger partial charge < -0.3 is 16.0 Å². The third-order valence-electron chi connectivity index (χ3n) is 3.69. The summed E-state index contributed by atoms with van der Waals surface area (Å²) in [6.45, 7) is 4.84. The lowest BCUT2D eigenvalue weighted by Crippen LogP contribution is -2.40. The summed E-state index contributed by atoms with van der Waals surface area (Å²) in [5.41, 5.74) is 6.37. The minimum absolute atomic E-state index is 0.865. The van der Waals surface area contributed by atoms with Gasteiger partial charge >= 0.3 is 0 Å². The van der Waals surface area contributed by atoms with Crippen molar-refractivity contribution in [1.82, 2.24) is 5.32 Å². The molecule has 0 radical (unpaired) electrons. The Morgan fingerprint density at radius 2 is 1.67 bits per heavy atom. The second-order valence-electron chi connectivity index (χ2n) is 4.75. The van der Waals surface area contributed by atoms with Crippen LogP contribution in [0.3, 0.4) is 0 Å². The fourth-order valence-corrected chi connectivity index (χ4v) is 2.77. The summed E-state index contributed by atoms with van der Waals surface area (Å²) in [4.78, 5) is 2.51. The zero-order valence-corrected chi connectivity index (χ0v) is 8.95. The molecule has 3 heteroatoms. The quantitative estimate of drug-likeness (QED) is 0.687. The molecule has 0 saturated carbocycles. The molecule has 0 aromatic heterocycles. The van der Waals surface area contributed by atoms with Gasteiger partial charge in [0.1, 0.15) is 5.69 Å². The molecule has 2 aliphatic rings. The molecule has 4 N–H and O–H groups in total. The molecule has 3 nitrogen and oxygen atoms in total. The van der Waals surface area contributed by atoms with Crippen LogP contribution in [0.1, 0.15) is 0 Å². The lowest BCUT2D eigenvalue weighted by atomic mass is 10.0. The molecule has 1 aromatic rings. The van der Waals surface area contributed by atoms with E-state index >= 15 is 0 Å². The smallest absolute Gasteiger partial charge is 0.128 e. The summed E-state index contributed by atoms with van der Waals surface area (Å²) in [5.74, 6) is 1.73. The monoisotopic (exact) mass is 204 g/mol. The minimum atomic E-state index is 0.865. The molecule has 0 unspecified atom stereocenters. The second-order valence-corrected chi connectivity index (χ2v) is 4.75. The molecule has 2 aliphatic heterocycles. The summed E-state index contributed by atoms with van der Waals surface area (Å²) in [7, 11) is 0. The normalized spacial score (nSPS) is 29.5. The van der Waals surface area contributed by atoms with E-state index in [0.717, 1.165) is 17.5 Å². The predicted molar refractivity (Wildman–Crippen MR) is 61.1 cm³/mol. The number of quaternary nitrogens is 1. The molecule has 0 aliphatic carbocycles. The number of hydrogen-bond acceptors (Lipinski definition) is 2. The maximum Gasteiger partial charge on any atom is 0.128 e. The van der Waals surface area contributed by atoms with Crippen LogP contribution in [0.4, 0.5) is 11.4 Å². The molecule has 2 saturated heterocycles. The van der Waals surface area contributed by atoms with E-state index < -0.39 is 0 Å². The predicted octanol–water partition coefficient (Wildman–Crippen LogP) is 0.216. The summed E-state index contributed by atoms with van der Waals surface area (Å²) < 4.78 is 0. The first kappa shape index (κ1) is 9.19. The number of fused-ring (bicyclic) bond motifs is 1. The van der Waals surface area contributed by atoms with Crippen LogP contribution in [-0.4, -0.2) is 26.2 Å².